The molecular weight excluding hydrogens is 291 g/mol. The maximum atomic E-state index is 13.0. The zero-order valence-electron chi connectivity index (χ0n) is 11.5. The largest absolute Gasteiger partial charge is 0.358 e. The first-order chi connectivity index (χ1) is 10.2. The SMILES string of the molecule is C=CCn1c(SCC(=O)NC)nnc1-c1ccc(F)cc1. The maximum Gasteiger partial charge on any atom is 0.230 e. The van der Waals surface area contributed by atoms with Gasteiger partial charge in [-0.1, -0.05) is 17.8 Å². The zero-order chi connectivity index (χ0) is 15.2. The third kappa shape index (κ3) is 3.69. The zero-order valence-corrected chi connectivity index (χ0v) is 12.4. The van der Waals surface area contributed by atoms with Gasteiger partial charge in [-0.3, -0.25) is 9.36 Å². The van der Waals surface area contributed by atoms with Crippen LogP contribution in [0.4, 0.5) is 4.39 Å². The highest BCUT2D eigenvalue weighted by molar-refractivity contribution is 7.99. The molecule has 0 aliphatic rings. The van der Waals surface area contributed by atoms with Crippen LogP contribution in [0.5, 0.6) is 0 Å². The van der Waals surface area contributed by atoms with Crippen molar-refractivity contribution >= 4 is 17.7 Å². The summed E-state index contributed by atoms with van der Waals surface area (Å²) in [5.74, 6) is 0.489. The maximum absolute atomic E-state index is 13.0. The molecular formula is C14H15FN4OS. The highest BCUT2D eigenvalue weighted by atomic mass is 32.2. The lowest BCUT2D eigenvalue weighted by Crippen LogP contribution is -2.20. The van der Waals surface area contributed by atoms with E-state index < -0.39 is 0 Å². The average molecular weight is 306 g/mol. The van der Waals surface area contributed by atoms with Crippen molar-refractivity contribution < 1.29 is 9.18 Å². The fourth-order valence-electron chi connectivity index (χ4n) is 1.70. The van der Waals surface area contributed by atoms with Gasteiger partial charge in [0.25, 0.3) is 0 Å². The topological polar surface area (TPSA) is 59.8 Å². The van der Waals surface area contributed by atoms with E-state index in [4.69, 9.17) is 0 Å². The molecule has 0 spiro atoms. The van der Waals surface area contributed by atoms with Crippen LogP contribution in [0.25, 0.3) is 11.4 Å². The summed E-state index contributed by atoms with van der Waals surface area (Å²) in [5.41, 5.74) is 0.762. The first kappa shape index (κ1) is 15.2. The number of rotatable bonds is 6. The summed E-state index contributed by atoms with van der Waals surface area (Å²) in [7, 11) is 1.58. The van der Waals surface area contributed by atoms with Crippen molar-refractivity contribution in [1.29, 1.82) is 0 Å². The lowest BCUT2D eigenvalue weighted by atomic mass is 10.2. The molecule has 0 aliphatic heterocycles. The minimum atomic E-state index is -0.303. The average Bonchev–Trinajstić information content (AvgIpc) is 2.89. The number of amides is 1. The Labute approximate surface area is 126 Å². The van der Waals surface area contributed by atoms with E-state index in [-0.39, 0.29) is 17.5 Å². The number of benzene rings is 1. The van der Waals surface area contributed by atoms with E-state index in [1.807, 2.05) is 4.57 Å². The number of carbonyl (C=O) groups excluding carboxylic acids is 1. The Morgan fingerprint density at radius 1 is 1.43 bits per heavy atom. The molecule has 0 aliphatic carbocycles. The summed E-state index contributed by atoms with van der Waals surface area (Å²) < 4.78 is 14.8. The van der Waals surface area contributed by atoms with Gasteiger partial charge < -0.3 is 5.32 Å². The molecule has 0 saturated carbocycles. The second-order valence-corrected chi connectivity index (χ2v) is 5.12. The fraction of sp³-hybridized carbons (Fsp3) is 0.214. The minimum Gasteiger partial charge on any atom is -0.358 e. The third-order valence-electron chi connectivity index (χ3n) is 2.74. The first-order valence-electron chi connectivity index (χ1n) is 6.29. The summed E-state index contributed by atoms with van der Waals surface area (Å²) in [6, 6.07) is 6.04. The molecule has 1 aromatic heterocycles. The van der Waals surface area contributed by atoms with E-state index in [1.165, 1.54) is 23.9 Å². The van der Waals surface area contributed by atoms with E-state index in [0.717, 1.165) is 5.56 Å². The van der Waals surface area contributed by atoms with Crippen molar-refractivity contribution in [3.05, 3.63) is 42.7 Å². The predicted molar refractivity (Wildman–Crippen MR) is 80.4 cm³/mol. The second-order valence-electron chi connectivity index (χ2n) is 4.17. The molecule has 0 unspecified atom stereocenters. The number of nitrogens with zero attached hydrogens (tertiary/aromatic N) is 3. The highest BCUT2D eigenvalue weighted by Gasteiger charge is 2.14. The van der Waals surface area contributed by atoms with Gasteiger partial charge in [-0.15, -0.1) is 16.8 Å². The number of carbonyl (C=O) groups is 1. The van der Waals surface area contributed by atoms with Gasteiger partial charge in [-0.05, 0) is 24.3 Å². The van der Waals surface area contributed by atoms with E-state index in [2.05, 4.69) is 22.1 Å². The van der Waals surface area contributed by atoms with Gasteiger partial charge in [0.1, 0.15) is 5.82 Å². The van der Waals surface area contributed by atoms with Crippen molar-refractivity contribution in [1.82, 2.24) is 20.1 Å². The van der Waals surface area contributed by atoms with Crippen LogP contribution in [-0.2, 0) is 11.3 Å². The monoisotopic (exact) mass is 306 g/mol. The Kier molecular flexibility index (Phi) is 5.10. The number of halogens is 1. The van der Waals surface area contributed by atoms with Gasteiger partial charge in [-0.25, -0.2) is 4.39 Å². The summed E-state index contributed by atoms with van der Waals surface area (Å²) in [6.07, 6.45) is 1.72. The number of thioether (sulfide) groups is 1. The van der Waals surface area contributed by atoms with Crippen LogP contribution in [0, 0.1) is 5.82 Å². The summed E-state index contributed by atoms with van der Waals surface area (Å²) in [4.78, 5) is 11.3. The van der Waals surface area contributed by atoms with Crippen LogP contribution in [0.15, 0.2) is 42.1 Å². The lowest BCUT2D eigenvalue weighted by molar-refractivity contribution is -0.118. The molecule has 0 saturated heterocycles. The Morgan fingerprint density at radius 3 is 2.76 bits per heavy atom. The molecule has 2 rings (SSSR count). The van der Waals surface area contributed by atoms with Crippen LogP contribution in [0.2, 0.25) is 0 Å². The van der Waals surface area contributed by atoms with Crippen molar-refractivity contribution in [3.63, 3.8) is 0 Å². The quantitative estimate of drug-likeness (QED) is 0.656. The normalized spacial score (nSPS) is 10.4. The number of hydrogen-bond donors (Lipinski definition) is 1. The molecule has 2 aromatic rings. The van der Waals surface area contributed by atoms with Crippen LogP contribution >= 0.6 is 11.8 Å². The van der Waals surface area contributed by atoms with E-state index in [1.54, 1.807) is 25.3 Å². The van der Waals surface area contributed by atoms with Gasteiger partial charge >= 0.3 is 0 Å². The Morgan fingerprint density at radius 2 is 2.14 bits per heavy atom. The summed E-state index contributed by atoms with van der Waals surface area (Å²) >= 11 is 1.29. The predicted octanol–water partition coefficient (Wildman–Crippen LogP) is 2.11. The molecule has 1 aromatic carbocycles. The Hall–Kier alpha value is -2.15. The number of hydrogen-bond acceptors (Lipinski definition) is 4. The molecule has 1 amide bonds. The molecule has 7 heteroatoms. The molecule has 5 nitrogen and oxygen atoms in total. The smallest absolute Gasteiger partial charge is 0.230 e. The second kappa shape index (κ2) is 7.03. The van der Waals surface area contributed by atoms with Gasteiger partial charge in [0.15, 0.2) is 11.0 Å². The third-order valence-corrected chi connectivity index (χ3v) is 3.71. The van der Waals surface area contributed by atoms with Crippen LogP contribution in [0.3, 0.4) is 0 Å². The van der Waals surface area contributed by atoms with Crippen molar-refractivity contribution in [2.24, 2.45) is 0 Å². The molecule has 0 bridgehead atoms. The Balaban J connectivity index is 2.29. The van der Waals surface area contributed by atoms with Crippen molar-refractivity contribution in [2.75, 3.05) is 12.8 Å². The van der Waals surface area contributed by atoms with Crippen LogP contribution in [0.1, 0.15) is 0 Å². The molecule has 0 radical (unpaired) electrons. The van der Waals surface area contributed by atoms with Crippen LogP contribution in [-0.4, -0.2) is 33.5 Å². The number of aromatic nitrogens is 3. The summed E-state index contributed by atoms with van der Waals surface area (Å²) in [5, 5.41) is 11.4. The van der Waals surface area contributed by atoms with Gasteiger partial charge in [0, 0.05) is 19.2 Å². The van der Waals surface area contributed by atoms with E-state index in [9.17, 15) is 9.18 Å². The van der Waals surface area contributed by atoms with E-state index in [0.29, 0.717) is 17.5 Å². The highest BCUT2D eigenvalue weighted by Crippen LogP contribution is 2.24. The van der Waals surface area contributed by atoms with Crippen molar-refractivity contribution in [3.8, 4) is 11.4 Å². The molecule has 0 fully saturated rings. The van der Waals surface area contributed by atoms with Gasteiger partial charge in [0.05, 0.1) is 5.75 Å². The molecule has 21 heavy (non-hydrogen) atoms. The standard InChI is InChI=1S/C14H15FN4OS/c1-3-8-19-13(10-4-6-11(15)7-5-10)17-18-14(19)21-9-12(20)16-2/h3-7H,1,8-9H2,2H3,(H,16,20). The molecule has 0 atom stereocenters. The van der Waals surface area contributed by atoms with Gasteiger partial charge in [0.2, 0.25) is 5.91 Å². The number of allylic oxidation sites excluding steroid dienone is 1. The lowest BCUT2D eigenvalue weighted by Gasteiger charge is -2.07. The van der Waals surface area contributed by atoms with Crippen LogP contribution < -0.4 is 5.32 Å². The minimum absolute atomic E-state index is 0.0866. The fourth-order valence-corrected chi connectivity index (χ4v) is 2.52. The molecule has 110 valence electrons. The van der Waals surface area contributed by atoms with Crippen molar-refractivity contribution in [2.45, 2.75) is 11.7 Å². The Bertz CT molecular complexity index is 639. The van der Waals surface area contributed by atoms with E-state index >= 15 is 0 Å². The first-order valence-corrected chi connectivity index (χ1v) is 7.27. The molecule has 1 N–H and O–H groups in total. The van der Waals surface area contributed by atoms with Gasteiger partial charge in [-0.2, -0.15) is 0 Å². The summed E-state index contributed by atoms with van der Waals surface area (Å²) in [6.45, 7) is 4.22. The number of nitrogens with one attached hydrogen (secondary N) is 1. The molecule has 1 heterocycles.